The summed E-state index contributed by atoms with van der Waals surface area (Å²) in [6, 6.07) is 7.30. The lowest BCUT2D eigenvalue weighted by molar-refractivity contribution is 0.328. The van der Waals surface area contributed by atoms with Gasteiger partial charge in [-0.3, -0.25) is 14.3 Å². The number of benzene rings is 1. The smallest absolute Gasteiger partial charge is 0.280 e. The van der Waals surface area contributed by atoms with Crippen molar-refractivity contribution in [2.45, 2.75) is 0 Å². The van der Waals surface area contributed by atoms with Gasteiger partial charge in [-0.25, -0.2) is 4.98 Å². The molecule has 5 N–H and O–H groups in total. The van der Waals surface area contributed by atoms with Gasteiger partial charge in [0.05, 0.1) is 0 Å². The highest BCUT2D eigenvalue weighted by Gasteiger charge is 2.10. The molecule has 1 aromatic carbocycles. The van der Waals surface area contributed by atoms with Crippen LogP contribution in [0.1, 0.15) is 0 Å². The Morgan fingerprint density at radius 1 is 1.29 bits per heavy atom. The van der Waals surface area contributed by atoms with Crippen LogP contribution in [0.5, 0.6) is 5.75 Å². The number of nitrogens with two attached hydrogens (primary N) is 2. The molecule has 0 aliphatic heterocycles. The van der Waals surface area contributed by atoms with Crippen molar-refractivity contribution in [3.8, 4) is 11.4 Å². The minimum atomic E-state index is -0.362. The Balaban J connectivity index is 2.02. The first-order valence-electron chi connectivity index (χ1n) is 6.35. The van der Waals surface area contributed by atoms with Gasteiger partial charge in [-0.1, -0.05) is 0 Å². The van der Waals surface area contributed by atoms with E-state index in [9.17, 15) is 4.79 Å². The van der Waals surface area contributed by atoms with Crippen LogP contribution >= 0.6 is 0 Å². The van der Waals surface area contributed by atoms with Gasteiger partial charge in [-0.05, 0) is 24.3 Å². The summed E-state index contributed by atoms with van der Waals surface area (Å²) in [5, 5.41) is 0. The van der Waals surface area contributed by atoms with Crippen LogP contribution in [0.15, 0.2) is 35.4 Å². The molecular weight excluding hydrogens is 272 g/mol. The molecule has 8 nitrogen and oxygen atoms in total. The Hall–Kier alpha value is -2.87. The van der Waals surface area contributed by atoms with Gasteiger partial charge in [0, 0.05) is 12.2 Å². The number of rotatable bonds is 4. The van der Waals surface area contributed by atoms with Gasteiger partial charge in [0.25, 0.3) is 5.56 Å². The van der Waals surface area contributed by atoms with Crippen molar-refractivity contribution in [2.75, 3.05) is 18.9 Å². The summed E-state index contributed by atoms with van der Waals surface area (Å²) in [6.45, 7) is 0.917. The molecule has 0 aliphatic rings. The summed E-state index contributed by atoms with van der Waals surface area (Å²) in [5.74, 6) is 0.774. The van der Waals surface area contributed by atoms with Crippen molar-refractivity contribution in [3.63, 3.8) is 0 Å². The molecule has 108 valence electrons. The van der Waals surface area contributed by atoms with E-state index in [2.05, 4.69) is 15.0 Å². The molecule has 0 spiro atoms. The standard InChI is InChI=1S/C13H14N6O2/c14-5-6-21-9-3-1-8(2-4-9)19-7-16-10-11(19)17-13(15)18-12(10)20/h1-4,7H,5-6,14H2,(H3,15,17,18,20). The Labute approximate surface area is 119 Å². The van der Waals surface area contributed by atoms with Crippen LogP contribution < -0.4 is 21.8 Å². The number of aromatic nitrogens is 4. The number of imidazole rings is 1. The number of H-pyrrole nitrogens is 1. The summed E-state index contributed by atoms with van der Waals surface area (Å²) >= 11 is 0. The highest BCUT2D eigenvalue weighted by molar-refractivity contribution is 5.72. The Bertz CT molecular complexity index is 821. The van der Waals surface area contributed by atoms with E-state index >= 15 is 0 Å². The minimum absolute atomic E-state index is 0.0529. The number of nitrogens with one attached hydrogen (secondary N) is 1. The van der Waals surface area contributed by atoms with Gasteiger partial charge in [0.15, 0.2) is 11.2 Å². The molecule has 0 saturated carbocycles. The number of anilines is 1. The third-order valence-electron chi connectivity index (χ3n) is 2.93. The normalized spacial score (nSPS) is 10.9. The zero-order valence-corrected chi connectivity index (χ0v) is 11.1. The predicted molar refractivity (Wildman–Crippen MR) is 78.4 cm³/mol. The third kappa shape index (κ3) is 2.43. The number of fused-ring (bicyclic) bond motifs is 1. The molecule has 3 aromatic rings. The van der Waals surface area contributed by atoms with Crippen LogP contribution in [0.3, 0.4) is 0 Å². The maximum Gasteiger partial charge on any atom is 0.280 e. The average Bonchev–Trinajstić information content (AvgIpc) is 2.89. The first-order valence-corrected chi connectivity index (χ1v) is 6.35. The van der Waals surface area contributed by atoms with Gasteiger partial charge >= 0.3 is 0 Å². The Morgan fingerprint density at radius 2 is 2.05 bits per heavy atom. The van der Waals surface area contributed by atoms with Crippen molar-refractivity contribution >= 4 is 17.1 Å². The first-order chi connectivity index (χ1) is 10.2. The van der Waals surface area contributed by atoms with E-state index in [1.807, 2.05) is 24.3 Å². The molecule has 2 heterocycles. The molecule has 0 amide bonds. The fourth-order valence-electron chi connectivity index (χ4n) is 2.00. The molecule has 0 bridgehead atoms. The van der Waals surface area contributed by atoms with Crippen LogP contribution in [0.25, 0.3) is 16.9 Å². The van der Waals surface area contributed by atoms with E-state index in [4.69, 9.17) is 16.2 Å². The third-order valence-corrected chi connectivity index (χ3v) is 2.93. The summed E-state index contributed by atoms with van der Waals surface area (Å²) in [5.41, 5.74) is 12.0. The maximum atomic E-state index is 11.7. The molecule has 0 atom stereocenters. The average molecular weight is 286 g/mol. The molecule has 0 saturated heterocycles. The highest BCUT2D eigenvalue weighted by atomic mass is 16.5. The SMILES string of the molecule is NCCOc1ccc(-n2cnc3c(=O)[nH]c(N)nc32)cc1. The van der Waals surface area contributed by atoms with Gasteiger partial charge in [0.2, 0.25) is 5.95 Å². The Kier molecular flexibility index (Phi) is 3.28. The molecule has 8 heteroatoms. The van der Waals surface area contributed by atoms with Crippen LogP contribution in [-0.2, 0) is 0 Å². The number of nitrogens with zero attached hydrogens (tertiary/aromatic N) is 3. The van der Waals surface area contributed by atoms with Crippen molar-refractivity contribution < 1.29 is 4.74 Å². The topological polar surface area (TPSA) is 125 Å². The minimum Gasteiger partial charge on any atom is -0.492 e. The molecule has 2 aromatic heterocycles. The van der Waals surface area contributed by atoms with Crippen molar-refractivity contribution in [2.24, 2.45) is 5.73 Å². The van der Waals surface area contributed by atoms with Crippen LogP contribution in [0, 0.1) is 0 Å². The second-order valence-corrected chi connectivity index (χ2v) is 4.37. The summed E-state index contributed by atoms with van der Waals surface area (Å²) in [7, 11) is 0. The summed E-state index contributed by atoms with van der Waals surface area (Å²) in [4.78, 5) is 22.3. The van der Waals surface area contributed by atoms with E-state index in [-0.39, 0.29) is 17.0 Å². The van der Waals surface area contributed by atoms with Gasteiger partial charge < -0.3 is 16.2 Å². The zero-order chi connectivity index (χ0) is 14.8. The molecule has 0 unspecified atom stereocenters. The number of aromatic amines is 1. The molecule has 3 rings (SSSR count). The van der Waals surface area contributed by atoms with Gasteiger partial charge in [0.1, 0.15) is 18.7 Å². The van der Waals surface area contributed by atoms with Gasteiger partial charge in [-0.2, -0.15) is 4.98 Å². The largest absolute Gasteiger partial charge is 0.492 e. The molecule has 0 aliphatic carbocycles. The fraction of sp³-hybridized carbons (Fsp3) is 0.154. The van der Waals surface area contributed by atoms with Crippen molar-refractivity contribution in [1.29, 1.82) is 0 Å². The molecular formula is C13H14N6O2. The molecule has 0 radical (unpaired) electrons. The number of nitrogen functional groups attached to an aromatic ring is 1. The zero-order valence-electron chi connectivity index (χ0n) is 11.1. The lowest BCUT2D eigenvalue weighted by Gasteiger charge is -2.07. The van der Waals surface area contributed by atoms with E-state index in [1.54, 1.807) is 4.57 Å². The van der Waals surface area contributed by atoms with Crippen LogP contribution in [0.4, 0.5) is 5.95 Å². The molecule has 21 heavy (non-hydrogen) atoms. The number of ether oxygens (including phenoxy) is 1. The van der Waals surface area contributed by atoms with E-state index in [0.717, 1.165) is 11.4 Å². The van der Waals surface area contributed by atoms with Crippen molar-refractivity contribution in [3.05, 3.63) is 40.9 Å². The Morgan fingerprint density at radius 3 is 2.76 bits per heavy atom. The summed E-state index contributed by atoms with van der Waals surface area (Å²) < 4.78 is 7.10. The highest BCUT2D eigenvalue weighted by Crippen LogP contribution is 2.18. The predicted octanol–water partition coefficient (Wildman–Crippen LogP) is 0.0285. The number of hydrogen-bond acceptors (Lipinski definition) is 6. The van der Waals surface area contributed by atoms with Gasteiger partial charge in [-0.15, -0.1) is 0 Å². The fourth-order valence-corrected chi connectivity index (χ4v) is 2.00. The van der Waals surface area contributed by atoms with Crippen molar-refractivity contribution in [1.82, 2.24) is 19.5 Å². The van der Waals surface area contributed by atoms with Crippen LogP contribution in [0.2, 0.25) is 0 Å². The van der Waals surface area contributed by atoms with E-state index in [1.165, 1.54) is 6.33 Å². The van der Waals surface area contributed by atoms with E-state index < -0.39 is 0 Å². The monoisotopic (exact) mass is 286 g/mol. The summed E-state index contributed by atoms with van der Waals surface area (Å²) in [6.07, 6.45) is 1.53. The number of hydrogen-bond donors (Lipinski definition) is 3. The van der Waals surface area contributed by atoms with Crippen LogP contribution in [-0.4, -0.2) is 32.7 Å². The second-order valence-electron chi connectivity index (χ2n) is 4.37. The lowest BCUT2D eigenvalue weighted by atomic mass is 10.3. The second kappa shape index (κ2) is 5.25. The quantitative estimate of drug-likeness (QED) is 0.621. The van der Waals surface area contributed by atoms with E-state index in [0.29, 0.717) is 18.8 Å². The lowest BCUT2D eigenvalue weighted by Crippen LogP contribution is -2.12. The maximum absolute atomic E-state index is 11.7. The first kappa shape index (κ1) is 13.1. The molecule has 0 fully saturated rings.